The highest BCUT2D eigenvalue weighted by Gasteiger charge is 2.40. The van der Waals surface area contributed by atoms with E-state index >= 15 is 0 Å². The van der Waals surface area contributed by atoms with Crippen LogP contribution >= 0.6 is 15.9 Å². The highest BCUT2D eigenvalue weighted by molar-refractivity contribution is 9.10. The molecule has 5 nitrogen and oxygen atoms in total. The zero-order valence-corrected chi connectivity index (χ0v) is 14.1. The predicted molar refractivity (Wildman–Crippen MR) is 79.7 cm³/mol. The Morgan fingerprint density at radius 2 is 2.10 bits per heavy atom. The molecule has 8 heteroatoms. The summed E-state index contributed by atoms with van der Waals surface area (Å²) in [6.07, 6.45) is 1.12. The molecule has 1 fully saturated rings. The van der Waals surface area contributed by atoms with Gasteiger partial charge in [0.2, 0.25) is 15.9 Å². The average molecular weight is 379 g/mol. The zero-order valence-electron chi connectivity index (χ0n) is 11.7. The van der Waals surface area contributed by atoms with Gasteiger partial charge in [-0.25, -0.2) is 12.8 Å². The summed E-state index contributed by atoms with van der Waals surface area (Å²) in [7, 11) is -0.649. The molecule has 1 aromatic carbocycles. The van der Waals surface area contributed by atoms with E-state index < -0.39 is 21.9 Å². The number of hydrogen-bond acceptors (Lipinski definition) is 3. The van der Waals surface area contributed by atoms with E-state index in [2.05, 4.69) is 15.9 Å². The molecule has 0 spiro atoms. The van der Waals surface area contributed by atoms with E-state index in [-0.39, 0.29) is 21.8 Å². The van der Waals surface area contributed by atoms with Crippen molar-refractivity contribution < 1.29 is 17.6 Å². The number of carbonyl (C=O) groups excluding carboxylic acids is 1. The largest absolute Gasteiger partial charge is 0.347 e. The first-order chi connectivity index (χ1) is 9.75. The summed E-state index contributed by atoms with van der Waals surface area (Å²) in [6.45, 7) is 0.288. The molecule has 1 aliphatic rings. The van der Waals surface area contributed by atoms with Crippen LogP contribution in [0.4, 0.5) is 4.39 Å². The van der Waals surface area contributed by atoms with Crippen molar-refractivity contribution in [3.05, 3.63) is 28.5 Å². The molecule has 0 aromatic heterocycles. The van der Waals surface area contributed by atoms with Crippen molar-refractivity contribution in [1.29, 1.82) is 0 Å². The molecular formula is C13H16BrFN2O3S. The lowest BCUT2D eigenvalue weighted by Crippen LogP contribution is -2.45. The highest BCUT2D eigenvalue weighted by Crippen LogP contribution is 2.31. The van der Waals surface area contributed by atoms with Gasteiger partial charge in [-0.15, -0.1) is 0 Å². The first-order valence-electron chi connectivity index (χ1n) is 6.43. The van der Waals surface area contributed by atoms with E-state index in [1.54, 1.807) is 14.1 Å². The van der Waals surface area contributed by atoms with Crippen LogP contribution in [-0.4, -0.2) is 50.2 Å². The van der Waals surface area contributed by atoms with Gasteiger partial charge in [0.05, 0.1) is 4.90 Å². The molecule has 1 aliphatic heterocycles. The molecule has 1 unspecified atom stereocenters. The fourth-order valence-electron chi connectivity index (χ4n) is 2.38. The van der Waals surface area contributed by atoms with Gasteiger partial charge in [-0.2, -0.15) is 4.31 Å². The first-order valence-corrected chi connectivity index (χ1v) is 8.66. The lowest BCUT2D eigenvalue weighted by Gasteiger charge is -2.26. The van der Waals surface area contributed by atoms with Crippen LogP contribution in [-0.2, 0) is 14.8 Å². The molecule has 1 amide bonds. The molecule has 116 valence electrons. The summed E-state index contributed by atoms with van der Waals surface area (Å²) in [4.78, 5) is 13.5. The molecule has 0 radical (unpaired) electrons. The molecule has 1 aromatic rings. The second-order valence-corrected chi connectivity index (χ2v) is 7.79. The molecule has 1 saturated heterocycles. The third-order valence-corrected chi connectivity index (χ3v) is 6.29. The van der Waals surface area contributed by atoms with Crippen LogP contribution in [0.3, 0.4) is 0 Å². The van der Waals surface area contributed by atoms with Gasteiger partial charge in [-0.1, -0.05) is 0 Å². The number of benzene rings is 1. The highest BCUT2D eigenvalue weighted by atomic mass is 79.9. The summed E-state index contributed by atoms with van der Waals surface area (Å²) in [5, 5.41) is 0. The fraction of sp³-hybridized carbons (Fsp3) is 0.462. The predicted octanol–water partition coefficient (Wildman–Crippen LogP) is 1.83. The van der Waals surface area contributed by atoms with Crippen molar-refractivity contribution in [3.63, 3.8) is 0 Å². The Hall–Kier alpha value is -0.990. The lowest BCUT2D eigenvalue weighted by molar-refractivity contribution is -0.132. The smallest absolute Gasteiger partial charge is 0.244 e. The average Bonchev–Trinajstić information content (AvgIpc) is 2.86. The van der Waals surface area contributed by atoms with Crippen LogP contribution in [0.25, 0.3) is 0 Å². The van der Waals surface area contributed by atoms with E-state index in [1.165, 1.54) is 15.3 Å². The normalized spacial score (nSPS) is 19.7. The Labute approximate surface area is 131 Å². The van der Waals surface area contributed by atoms with Crippen LogP contribution in [0, 0.1) is 5.82 Å². The molecule has 0 saturated carbocycles. The Balaban J connectivity index is 2.41. The molecule has 0 bridgehead atoms. The van der Waals surface area contributed by atoms with Crippen molar-refractivity contribution in [1.82, 2.24) is 9.21 Å². The van der Waals surface area contributed by atoms with Gasteiger partial charge in [0, 0.05) is 25.1 Å². The number of carbonyl (C=O) groups is 1. The van der Waals surface area contributed by atoms with E-state index in [9.17, 15) is 17.6 Å². The Morgan fingerprint density at radius 3 is 2.67 bits per heavy atom. The quantitative estimate of drug-likeness (QED) is 0.805. The zero-order chi connectivity index (χ0) is 15.8. The first kappa shape index (κ1) is 16.4. The number of halogens is 2. The maximum atomic E-state index is 13.1. The maximum absolute atomic E-state index is 13.1. The molecule has 1 atom stereocenters. The number of rotatable bonds is 3. The van der Waals surface area contributed by atoms with Crippen molar-refractivity contribution in [2.75, 3.05) is 20.6 Å². The third kappa shape index (κ3) is 3.12. The van der Waals surface area contributed by atoms with Gasteiger partial charge in [0.1, 0.15) is 11.9 Å². The number of sulfonamides is 1. The van der Waals surface area contributed by atoms with Gasteiger partial charge >= 0.3 is 0 Å². The standard InChI is InChI=1S/C13H16BrFN2O3S/c1-16(2)13(18)11-4-3-7-17(11)21(19,20)12-6-5-9(15)8-10(12)14/h5-6,8,11H,3-4,7H2,1-2H3. The van der Waals surface area contributed by atoms with Crippen LogP contribution in [0.15, 0.2) is 27.6 Å². The molecule has 0 aliphatic carbocycles. The second kappa shape index (κ2) is 6.02. The van der Waals surface area contributed by atoms with Crippen LogP contribution in [0.2, 0.25) is 0 Å². The molecule has 1 heterocycles. The van der Waals surface area contributed by atoms with Crippen molar-refractivity contribution in [2.45, 2.75) is 23.8 Å². The minimum atomic E-state index is -3.84. The Kier molecular flexibility index (Phi) is 4.69. The van der Waals surface area contributed by atoms with Gasteiger partial charge in [-0.3, -0.25) is 4.79 Å². The topological polar surface area (TPSA) is 57.7 Å². The van der Waals surface area contributed by atoms with E-state index in [0.29, 0.717) is 12.8 Å². The third-order valence-electron chi connectivity index (χ3n) is 3.41. The van der Waals surface area contributed by atoms with Crippen LogP contribution < -0.4 is 0 Å². The monoisotopic (exact) mass is 378 g/mol. The maximum Gasteiger partial charge on any atom is 0.244 e. The summed E-state index contributed by atoms with van der Waals surface area (Å²) < 4.78 is 39.9. The number of hydrogen-bond donors (Lipinski definition) is 0. The minimum Gasteiger partial charge on any atom is -0.347 e. The molecule has 2 rings (SSSR count). The van der Waals surface area contributed by atoms with Gasteiger partial charge in [-0.05, 0) is 47.0 Å². The number of amides is 1. The van der Waals surface area contributed by atoms with Crippen LogP contribution in [0.5, 0.6) is 0 Å². The SMILES string of the molecule is CN(C)C(=O)C1CCCN1S(=O)(=O)c1ccc(F)cc1Br. The Morgan fingerprint density at radius 1 is 1.43 bits per heavy atom. The lowest BCUT2D eigenvalue weighted by atomic mass is 10.2. The molecule has 21 heavy (non-hydrogen) atoms. The second-order valence-electron chi connectivity index (χ2n) is 5.08. The summed E-state index contributed by atoms with van der Waals surface area (Å²) in [5.74, 6) is -0.766. The Bertz CT molecular complexity index is 663. The van der Waals surface area contributed by atoms with E-state index in [0.717, 1.165) is 12.1 Å². The number of likely N-dealkylation sites (N-methyl/N-ethyl adjacent to an activating group) is 1. The summed E-state index contributed by atoms with van der Waals surface area (Å²) in [5.41, 5.74) is 0. The van der Waals surface area contributed by atoms with Gasteiger partial charge < -0.3 is 4.90 Å². The van der Waals surface area contributed by atoms with E-state index in [1.807, 2.05) is 0 Å². The number of nitrogens with zero attached hydrogens (tertiary/aromatic N) is 2. The fourth-order valence-corrected chi connectivity index (χ4v) is 5.05. The van der Waals surface area contributed by atoms with Crippen molar-refractivity contribution in [2.24, 2.45) is 0 Å². The van der Waals surface area contributed by atoms with Crippen molar-refractivity contribution >= 4 is 31.9 Å². The molecular weight excluding hydrogens is 363 g/mol. The van der Waals surface area contributed by atoms with E-state index in [4.69, 9.17) is 0 Å². The van der Waals surface area contributed by atoms with Gasteiger partial charge in [0.15, 0.2) is 0 Å². The summed E-state index contributed by atoms with van der Waals surface area (Å²) in [6, 6.07) is 2.72. The van der Waals surface area contributed by atoms with Crippen molar-refractivity contribution in [3.8, 4) is 0 Å². The molecule has 0 N–H and O–H groups in total. The minimum absolute atomic E-state index is 0.0256. The van der Waals surface area contributed by atoms with Gasteiger partial charge in [0.25, 0.3) is 0 Å². The summed E-state index contributed by atoms with van der Waals surface area (Å²) >= 11 is 3.07. The van der Waals surface area contributed by atoms with Crippen LogP contribution in [0.1, 0.15) is 12.8 Å².